The molecule has 15 heavy (non-hydrogen) atoms. The van der Waals surface area contributed by atoms with Crippen LogP contribution in [0.3, 0.4) is 0 Å². The number of hydrogen-bond donors (Lipinski definition) is 3. The number of amides is 2. The summed E-state index contributed by atoms with van der Waals surface area (Å²) in [5.74, 6) is 0.816. The lowest BCUT2D eigenvalue weighted by molar-refractivity contribution is 0.183. The number of carbonyl (C=O) groups excluding carboxylic acids is 1. The van der Waals surface area contributed by atoms with Crippen LogP contribution in [0.4, 0.5) is 4.79 Å². The maximum atomic E-state index is 11.3. The maximum Gasteiger partial charge on any atom is 0.315 e. The van der Waals surface area contributed by atoms with E-state index in [1.54, 1.807) is 7.05 Å². The Balaban J connectivity index is 2.52. The molecule has 1 rings (SSSR count). The third-order valence-corrected chi connectivity index (χ3v) is 3.64. The molecule has 0 spiro atoms. The summed E-state index contributed by atoms with van der Waals surface area (Å²) in [5, 5.41) is 5.59. The second kappa shape index (κ2) is 5.35. The van der Waals surface area contributed by atoms with E-state index in [0.29, 0.717) is 6.54 Å². The summed E-state index contributed by atoms with van der Waals surface area (Å²) >= 11 is 0. The van der Waals surface area contributed by atoms with Gasteiger partial charge < -0.3 is 16.4 Å². The van der Waals surface area contributed by atoms with E-state index in [0.717, 1.165) is 18.8 Å². The fourth-order valence-electron chi connectivity index (χ4n) is 2.32. The third-order valence-electron chi connectivity index (χ3n) is 3.64. The fourth-order valence-corrected chi connectivity index (χ4v) is 2.32. The smallest absolute Gasteiger partial charge is 0.315 e. The lowest BCUT2D eigenvalue weighted by Gasteiger charge is -2.39. The summed E-state index contributed by atoms with van der Waals surface area (Å²) in [5.41, 5.74) is 5.62. The quantitative estimate of drug-likeness (QED) is 0.659. The highest BCUT2D eigenvalue weighted by Gasteiger charge is 2.34. The zero-order valence-corrected chi connectivity index (χ0v) is 9.81. The van der Waals surface area contributed by atoms with Gasteiger partial charge in [-0.1, -0.05) is 13.3 Å². The molecule has 1 aliphatic carbocycles. The van der Waals surface area contributed by atoms with Gasteiger partial charge in [0.1, 0.15) is 0 Å². The first-order chi connectivity index (χ1) is 7.15. The molecule has 0 aromatic carbocycles. The summed E-state index contributed by atoms with van der Waals surface area (Å²) < 4.78 is 0. The number of urea groups is 1. The van der Waals surface area contributed by atoms with E-state index in [1.165, 1.54) is 19.3 Å². The van der Waals surface area contributed by atoms with Crippen LogP contribution in [-0.2, 0) is 0 Å². The first kappa shape index (κ1) is 12.3. The normalized spacial score (nSPS) is 31.0. The van der Waals surface area contributed by atoms with Gasteiger partial charge in [0.15, 0.2) is 0 Å². The highest BCUT2D eigenvalue weighted by Crippen LogP contribution is 2.32. The van der Waals surface area contributed by atoms with Crippen molar-refractivity contribution in [2.24, 2.45) is 11.7 Å². The Morgan fingerprint density at radius 2 is 2.07 bits per heavy atom. The predicted octanol–water partition coefficient (Wildman–Crippen LogP) is 1.21. The van der Waals surface area contributed by atoms with Crippen molar-refractivity contribution >= 4 is 6.03 Å². The number of carbonyl (C=O) groups is 1. The van der Waals surface area contributed by atoms with E-state index >= 15 is 0 Å². The standard InChI is InChI=1S/C11H23N3O/c1-3-9-4-6-11(8-12,7-5-9)14-10(15)13-2/h9H,3-8,12H2,1-2H3,(H2,13,14,15). The summed E-state index contributed by atoms with van der Waals surface area (Å²) in [6.07, 6.45) is 5.61. The van der Waals surface area contributed by atoms with Crippen LogP contribution in [0.5, 0.6) is 0 Å². The van der Waals surface area contributed by atoms with Crippen LogP contribution in [0.25, 0.3) is 0 Å². The minimum absolute atomic E-state index is 0.115. The topological polar surface area (TPSA) is 67.1 Å². The van der Waals surface area contributed by atoms with Crippen LogP contribution in [0.15, 0.2) is 0 Å². The Morgan fingerprint density at radius 3 is 2.47 bits per heavy atom. The number of rotatable bonds is 3. The van der Waals surface area contributed by atoms with Crippen LogP contribution in [-0.4, -0.2) is 25.2 Å². The molecule has 0 heterocycles. The van der Waals surface area contributed by atoms with Gasteiger partial charge >= 0.3 is 6.03 Å². The zero-order chi connectivity index (χ0) is 11.3. The van der Waals surface area contributed by atoms with Crippen LogP contribution in [0.1, 0.15) is 39.0 Å². The first-order valence-electron chi connectivity index (χ1n) is 5.85. The van der Waals surface area contributed by atoms with Gasteiger partial charge in [-0.25, -0.2) is 4.79 Å². The monoisotopic (exact) mass is 213 g/mol. The molecule has 4 N–H and O–H groups in total. The van der Waals surface area contributed by atoms with Gasteiger partial charge in [0.05, 0.1) is 5.54 Å². The van der Waals surface area contributed by atoms with E-state index in [9.17, 15) is 4.79 Å². The Bertz CT molecular complexity index is 210. The van der Waals surface area contributed by atoms with Gasteiger partial charge in [0.25, 0.3) is 0 Å². The van der Waals surface area contributed by atoms with Crippen molar-refractivity contribution in [3.8, 4) is 0 Å². The van der Waals surface area contributed by atoms with Crippen LogP contribution in [0, 0.1) is 5.92 Å². The van der Waals surface area contributed by atoms with E-state index in [4.69, 9.17) is 5.73 Å². The molecule has 0 bridgehead atoms. The number of hydrogen-bond acceptors (Lipinski definition) is 2. The summed E-state index contributed by atoms with van der Waals surface area (Å²) in [6, 6.07) is -0.115. The number of nitrogens with two attached hydrogens (primary N) is 1. The van der Waals surface area contributed by atoms with Gasteiger partial charge in [-0.15, -0.1) is 0 Å². The Hall–Kier alpha value is -0.770. The Labute approximate surface area is 92.0 Å². The maximum absolute atomic E-state index is 11.3. The molecule has 4 nitrogen and oxygen atoms in total. The molecule has 0 aromatic heterocycles. The van der Waals surface area contributed by atoms with E-state index < -0.39 is 0 Å². The SMILES string of the molecule is CCC1CCC(CN)(NC(=O)NC)CC1. The molecular formula is C11H23N3O. The van der Waals surface area contributed by atoms with E-state index in [-0.39, 0.29) is 11.6 Å². The number of nitrogens with one attached hydrogen (secondary N) is 2. The molecule has 0 saturated heterocycles. The second-order valence-corrected chi connectivity index (χ2v) is 4.54. The van der Waals surface area contributed by atoms with Crippen LogP contribution >= 0.6 is 0 Å². The third kappa shape index (κ3) is 3.09. The molecule has 0 aliphatic heterocycles. The van der Waals surface area contributed by atoms with Crippen molar-refractivity contribution in [2.75, 3.05) is 13.6 Å². The van der Waals surface area contributed by atoms with Gasteiger partial charge in [-0.05, 0) is 31.6 Å². The van der Waals surface area contributed by atoms with Crippen LogP contribution < -0.4 is 16.4 Å². The molecule has 0 radical (unpaired) electrons. The van der Waals surface area contributed by atoms with E-state index in [2.05, 4.69) is 17.6 Å². The molecule has 1 fully saturated rings. The molecule has 4 heteroatoms. The van der Waals surface area contributed by atoms with Crippen molar-refractivity contribution in [1.29, 1.82) is 0 Å². The van der Waals surface area contributed by atoms with Gasteiger partial charge in [0, 0.05) is 13.6 Å². The van der Waals surface area contributed by atoms with Gasteiger partial charge in [-0.3, -0.25) is 0 Å². The first-order valence-corrected chi connectivity index (χ1v) is 5.85. The highest BCUT2D eigenvalue weighted by molar-refractivity contribution is 5.74. The van der Waals surface area contributed by atoms with Crippen molar-refractivity contribution in [1.82, 2.24) is 10.6 Å². The van der Waals surface area contributed by atoms with Crippen molar-refractivity contribution in [2.45, 2.75) is 44.6 Å². The Morgan fingerprint density at radius 1 is 1.47 bits per heavy atom. The van der Waals surface area contributed by atoms with Gasteiger partial charge in [-0.2, -0.15) is 0 Å². The summed E-state index contributed by atoms with van der Waals surface area (Å²) in [7, 11) is 1.64. The average molecular weight is 213 g/mol. The average Bonchev–Trinajstić information content (AvgIpc) is 2.30. The van der Waals surface area contributed by atoms with E-state index in [1.807, 2.05) is 0 Å². The fraction of sp³-hybridized carbons (Fsp3) is 0.909. The minimum Gasteiger partial charge on any atom is -0.341 e. The lowest BCUT2D eigenvalue weighted by atomic mass is 9.75. The predicted molar refractivity (Wildman–Crippen MR) is 61.6 cm³/mol. The molecule has 0 aromatic rings. The second-order valence-electron chi connectivity index (χ2n) is 4.54. The molecule has 88 valence electrons. The van der Waals surface area contributed by atoms with Gasteiger partial charge in [0.2, 0.25) is 0 Å². The summed E-state index contributed by atoms with van der Waals surface area (Å²) in [4.78, 5) is 11.3. The lowest BCUT2D eigenvalue weighted by Crippen LogP contribution is -2.57. The largest absolute Gasteiger partial charge is 0.341 e. The van der Waals surface area contributed by atoms with Crippen molar-refractivity contribution in [3.05, 3.63) is 0 Å². The molecule has 0 unspecified atom stereocenters. The minimum atomic E-state index is -0.161. The highest BCUT2D eigenvalue weighted by atomic mass is 16.2. The molecule has 2 amide bonds. The molecular weight excluding hydrogens is 190 g/mol. The summed E-state index contributed by atoms with van der Waals surface area (Å²) in [6.45, 7) is 2.77. The van der Waals surface area contributed by atoms with Crippen molar-refractivity contribution in [3.63, 3.8) is 0 Å². The zero-order valence-electron chi connectivity index (χ0n) is 9.81. The Kier molecular flexibility index (Phi) is 4.39. The van der Waals surface area contributed by atoms with Crippen LogP contribution in [0.2, 0.25) is 0 Å². The molecule has 1 aliphatic rings. The van der Waals surface area contributed by atoms with Crippen molar-refractivity contribution < 1.29 is 4.79 Å². The molecule has 0 atom stereocenters. The molecule has 1 saturated carbocycles.